The predicted molar refractivity (Wildman–Crippen MR) is 51.2 cm³/mol. The Kier molecular flexibility index (Phi) is 2.93. The van der Waals surface area contributed by atoms with Gasteiger partial charge in [0.1, 0.15) is 5.75 Å². The van der Waals surface area contributed by atoms with Crippen LogP contribution in [0.5, 0.6) is 5.75 Å². The van der Waals surface area contributed by atoms with E-state index < -0.39 is 0 Å². The maximum absolute atomic E-state index is 10.7. The van der Waals surface area contributed by atoms with Gasteiger partial charge >= 0.3 is 0 Å². The first kappa shape index (κ1) is 9.88. The Hall–Kier alpha value is -2.20. The van der Waals surface area contributed by atoms with Gasteiger partial charge in [0.25, 0.3) is 0 Å². The predicted octanol–water partition coefficient (Wildman–Crippen LogP) is 2.29. The molecule has 1 aromatic rings. The van der Waals surface area contributed by atoms with Crippen LogP contribution >= 0.6 is 0 Å². The Morgan fingerprint density at radius 2 is 2.36 bits per heavy atom. The molecule has 0 saturated heterocycles. The zero-order valence-electron chi connectivity index (χ0n) is 7.43. The smallest absolute Gasteiger partial charge is 0.221 e. The van der Waals surface area contributed by atoms with Gasteiger partial charge in [0.2, 0.25) is 5.91 Å². The average Bonchev–Trinajstić information content (AvgIpc) is 2.10. The third-order valence-electron chi connectivity index (χ3n) is 1.45. The van der Waals surface area contributed by atoms with Crippen LogP contribution in [0.15, 0.2) is 23.3 Å². The number of benzene rings is 1. The van der Waals surface area contributed by atoms with Crippen molar-refractivity contribution < 1.29 is 9.90 Å². The molecule has 0 saturated carbocycles. The van der Waals surface area contributed by atoms with Crippen LogP contribution in [0.25, 0.3) is 10.4 Å². The number of anilines is 1. The maximum Gasteiger partial charge on any atom is 0.221 e. The number of carbonyl (C=O) groups excluding carboxylic acids is 1. The van der Waals surface area contributed by atoms with Crippen molar-refractivity contribution >= 4 is 17.3 Å². The number of hydrogen-bond donors (Lipinski definition) is 2. The lowest BCUT2D eigenvalue weighted by molar-refractivity contribution is -0.114. The van der Waals surface area contributed by atoms with Crippen LogP contribution in [0, 0.1) is 0 Å². The van der Waals surface area contributed by atoms with Gasteiger partial charge in [0.05, 0.1) is 5.69 Å². The van der Waals surface area contributed by atoms with Crippen molar-refractivity contribution in [2.75, 3.05) is 5.32 Å². The van der Waals surface area contributed by atoms with Crippen LogP contribution in [-0.2, 0) is 4.79 Å². The largest absolute Gasteiger partial charge is 0.506 e. The van der Waals surface area contributed by atoms with E-state index in [2.05, 4.69) is 15.3 Å². The van der Waals surface area contributed by atoms with E-state index in [1.807, 2.05) is 0 Å². The number of rotatable bonds is 2. The number of azide groups is 1. The highest BCUT2D eigenvalue weighted by Crippen LogP contribution is 2.28. The first-order valence-corrected chi connectivity index (χ1v) is 3.79. The molecule has 0 spiro atoms. The molecule has 0 aromatic heterocycles. The van der Waals surface area contributed by atoms with Gasteiger partial charge in [0, 0.05) is 17.5 Å². The van der Waals surface area contributed by atoms with Crippen molar-refractivity contribution in [2.45, 2.75) is 6.92 Å². The lowest BCUT2D eigenvalue weighted by atomic mass is 10.2. The summed E-state index contributed by atoms with van der Waals surface area (Å²) in [6, 6.07) is 4.17. The highest BCUT2D eigenvalue weighted by atomic mass is 16.3. The fraction of sp³-hybridized carbons (Fsp3) is 0.125. The van der Waals surface area contributed by atoms with Gasteiger partial charge in [0.15, 0.2) is 0 Å². The fourth-order valence-electron chi connectivity index (χ4n) is 0.928. The summed E-state index contributed by atoms with van der Waals surface area (Å²) in [7, 11) is 0. The van der Waals surface area contributed by atoms with Crippen LogP contribution in [0.4, 0.5) is 11.4 Å². The molecule has 0 aliphatic rings. The summed E-state index contributed by atoms with van der Waals surface area (Å²) in [6.07, 6.45) is 0. The molecule has 6 heteroatoms. The van der Waals surface area contributed by atoms with Gasteiger partial charge in [-0.05, 0) is 23.7 Å². The zero-order valence-corrected chi connectivity index (χ0v) is 7.43. The molecule has 0 aliphatic heterocycles. The zero-order chi connectivity index (χ0) is 10.6. The second kappa shape index (κ2) is 4.15. The molecular formula is C8H8N4O2. The van der Waals surface area contributed by atoms with E-state index in [9.17, 15) is 9.90 Å². The Morgan fingerprint density at radius 1 is 1.64 bits per heavy atom. The number of carbonyl (C=O) groups is 1. The number of nitrogens with zero attached hydrogens (tertiary/aromatic N) is 3. The molecule has 0 aliphatic carbocycles. The molecule has 14 heavy (non-hydrogen) atoms. The molecule has 0 radical (unpaired) electrons. The summed E-state index contributed by atoms with van der Waals surface area (Å²) in [5.74, 6) is -0.379. The molecule has 0 atom stereocenters. The number of phenolic OH excluding ortho intramolecular Hbond substituents is 1. The van der Waals surface area contributed by atoms with E-state index in [0.29, 0.717) is 5.69 Å². The number of aromatic hydroxyl groups is 1. The van der Waals surface area contributed by atoms with E-state index in [0.717, 1.165) is 0 Å². The minimum absolute atomic E-state index is 0.0721. The summed E-state index contributed by atoms with van der Waals surface area (Å²) in [5, 5.41) is 15.0. The highest BCUT2D eigenvalue weighted by molar-refractivity contribution is 5.90. The van der Waals surface area contributed by atoms with Crippen molar-refractivity contribution in [3.63, 3.8) is 0 Å². The van der Waals surface area contributed by atoms with Gasteiger partial charge in [-0.25, -0.2) is 0 Å². The quantitative estimate of drug-likeness (QED) is 0.325. The molecule has 1 rings (SSSR count). The average molecular weight is 192 g/mol. The molecule has 1 amide bonds. The van der Waals surface area contributed by atoms with Crippen LogP contribution in [0.2, 0.25) is 0 Å². The summed E-state index contributed by atoms with van der Waals surface area (Å²) in [5.41, 5.74) is 8.72. The van der Waals surface area contributed by atoms with Crippen LogP contribution in [0.1, 0.15) is 6.92 Å². The molecule has 0 heterocycles. The molecule has 6 nitrogen and oxygen atoms in total. The number of phenols is 1. The van der Waals surface area contributed by atoms with Gasteiger partial charge in [-0.3, -0.25) is 4.79 Å². The molecular weight excluding hydrogens is 184 g/mol. The molecule has 1 aromatic carbocycles. The van der Waals surface area contributed by atoms with Gasteiger partial charge in [-0.2, -0.15) is 0 Å². The third-order valence-corrected chi connectivity index (χ3v) is 1.45. The van der Waals surface area contributed by atoms with Crippen molar-refractivity contribution in [1.29, 1.82) is 0 Å². The number of amides is 1. The second-order valence-corrected chi connectivity index (χ2v) is 2.57. The van der Waals surface area contributed by atoms with Crippen molar-refractivity contribution in [2.24, 2.45) is 5.11 Å². The van der Waals surface area contributed by atoms with Crippen LogP contribution in [0.3, 0.4) is 0 Å². The number of nitrogens with one attached hydrogen (secondary N) is 1. The monoisotopic (exact) mass is 192 g/mol. The first-order chi connectivity index (χ1) is 6.63. The first-order valence-electron chi connectivity index (χ1n) is 3.79. The molecule has 2 N–H and O–H groups in total. The molecule has 72 valence electrons. The van der Waals surface area contributed by atoms with E-state index in [1.54, 1.807) is 0 Å². The van der Waals surface area contributed by atoms with Crippen LogP contribution < -0.4 is 5.32 Å². The van der Waals surface area contributed by atoms with Crippen molar-refractivity contribution in [1.82, 2.24) is 0 Å². The lowest BCUT2D eigenvalue weighted by Gasteiger charge is -2.04. The summed E-state index contributed by atoms with van der Waals surface area (Å²) >= 11 is 0. The summed E-state index contributed by atoms with van der Waals surface area (Å²) < 4.78 is 0. The highest BCUT2D eigenvalue weighted by Gasteiger charge is 2.02. The van der Waals surface area contributed by atoms with Gasteiger partial charge in [-0.1, -0.05) is 5.11 Å². The Morgan fingerprint density at radius 3 is 2.93 bits per heavy atom. The minimum atomic E-state index is -0.307. The maximum atomic E-state index is 10.7. The fourth-order valence-corrected chi connectivity index (χ4v) is 0.928. The topological polar surface area (TPSA) is 98.1 Å². The van der Waals surface area contributed by atoms with Crippen molar-refractivity contribution in [3.8, 4) is 5.75 Å². The summed E-state index contributed by atoms with van der Waals surface area (Å²) in [4.78, 5) is 13.3. The van der Waals surface area contributed by atoms with E-state index >= 15 is 0 Å². The van der Waals surface area contributed by atoms with E-state index in [4.69, 9.17) is 5.53 Å². The third kappa shape index (κ3) is 2.40. The lowest BCUT2D eigenvalue weighted by Crippen LogP contribution is -2.05. The van der Waals surface area contributed by atoms with E-state index in [-0.39, 0.29) is 17.3 Å². The van der Waals surface area contributed by atoms with Gasteiger partial charge in [-0.15, -0.1) is 0 Å². The number of hydrogen-bond acceptors (Lipinski definition) is 3. The molecule has 0 fully saturated rings. The normalized spacial score (nSPS) is 8.93. The Balaban J connectivity index is 3.07. The Bertz CT molecular complexity index is 410. The molecule has 0 unspecified atom stereocenters. The van der Waals surface area contributed by atoms with Gasteiger partial charge < -0.3 is 10.4 Å². The van der Waals surface area contributed by atoms with Crippen molar-refractivity contribution in [3.05, 3.63) is 28.6 Å². The van der Waals surface area contributed by atoms with Crippen LogP contribution in [-0.4, -0.2) is 11.0 Å². The SMILES string of the molecule is CC(=O)Nc1cc(N=[N+]=[N-])ccc1O. The summed E-state index contributed by atoms with van der Waals surface area (Å²) in [6.45, 7) is 1.32. The second-order valence-electron chi connectivity index (χ2n) is 2.57. The molecule has 0 bridgehead atoms. The Labute approximate surface area is 79.8 Å². The van der Waals surface area contributed by atoms with E-state index in [1.165, 1.54) is 25.1 Å². The minimum Gasteiger partial charge on any atom is -0.506 e. The standard InChI is InChI=1S/C8H8N4O2/c1-5(13)10-7-4-6(11-12-9)2-3-8(7)14/h2-4,14H,1H3,(H,10,13).